The van der Waals surface area contributed by atoms with Crippen LogP contribution in [0.2, 0.25) is 0 Å². The summed E-state index contributed by atoms with van der Waals surface area (Å²) in [5, 5.41) is 5.15. The van der Waals surface area contributed by atoms with Crippen LogP contribution < -0.4 is 15.4 Å². The van der Waals surface area contributed by atoms with Crippen LogP contribution in [0.15, 0.2) is 41.3 Å². The van der Waals surface area contributed by atoms with Gasteiger partial charge in [0.15, 0.2) is 0 Å². The molecule has 2 aromatic carbocycles. The molecular weight excluding hydrogens is 366 g/mol. The monoisotopic (exact) mass is 385 g/mol. The Morgan fingerprint density at radius 1 is 0.889 bits per heavy atom. The Kier molecular flexibility index (Phi) is 4.35. The molecule has 0 atom stereocenters. The quantitative estimate of drug-likeness (QED) is 0.707. The van der Waals surface area contributed by atoms with Gasteiger partial charge in [0.25, 0.3) is 10.0 Å². The summed E-state index contributed by atoms with van der Waals surface area (Å²) >= 11 is 0. The molecule has 140 valence electrons. The number of nitrogens with one attached hydrogen (secondary N) is 3. The molecule has 3 N–H and O–H groups in total. The molecule has 2 aromatic rings. The van der Waals surface area contributed by atoms with Crippen LogP contribution in [-0.2, 0) is 32.5 Å². The van der Waals surface area contributed by atoms with E-state index in [1.165, 1.54) is 23.8 Å². The van der Waals surface area contributed by atoms with Crippen molar-refractivity contribution in [2.45, 2.75) is 37.0 Å². The zero-order chi connectivity index (χ0) is 19.0. The molecule has 0 fully saturated rings. The lowest BCUT2D eigenvalue weighted by atomic mass is 9.91. The second-order valence-electron chi connectivity index (χ2n) is 6.74. The van der Waals surface area contributed by atoms with Gasteiger partial charge in [0.2, 0.25) is 11.8 Å². The Hall–Kier alpha value is -2.87. The molecule has 1 aliphatic carbocycles. The van der Waals surface area contributed by atoms with E-state index in [0.717, 1.165) is 31.2 Å². The minimum absolute atomic E-state index is 0.0195. The summed E-state index contributed by atoms with van der Waals surface area (Å²) in [6.45, 7) is 0. The zero-order valence-corrected chi connectivity index (χ0v) is 15.4. The Labute approximate surface area is 157 Å². The third-order valence-electron chi connectivity index (χ3n) is 4.81. The van der Waals surface area contributed by atoms with E-state index in [4.69, 9.17) is 0 Å². The van der Waals surface area contributed by atoms with Crippen molar-refractivity contribution in [2.24, 2.45) is 0 Å². The molecule has 27 heavy (non-hydrogen) atoms. The number of rotatable bonds is 3. The van der Waals surface area contributed by atoms with Gasteiger partial charge in [0.1, 0.15) is 6.42 Å². The van der Waals surface area contributed by atoms with E-state index in [-0.39, 0.29) is 17.0 Å². The molecule has 1 heterocycles. The zero-order valence-electron chi connectivity index (χ0n) is 14.5. The lowest BCUT2D eigenvalue weighted by molar-refractivity contribution is -0.123. The number of aryl methyl sites for hydroxylation is 1. The van der Waals surface area contributed by atoms with Crippen molar-refractivity contribution >= 4 is 38.9 Å². The van der Waals surface area contributed by atoms with Gasteiger partial charge in [-0.05, 0) is 61.1 Å². The Morgan fingerprint density at radius 3 is 2.44 bits per heavy atom. The van der Waals surface area contributed by atoms with Crippen LogP contribution in [0.1, 0.15) is 30.4 Å². The molecule has 1 aliphatic heterocycles. The number of anilines is 3. The van der Waals surface area contributed by atoms with Gasteiger partial charge in [-0.25, -0.2) is 8.42 Å². The fourth-order valence-electron chi connectivity index (χ4n) is 3.52. The van der Waals surface area contributed by atoms with E-state index >= 15 is 0 Å². The van der Waals surface area contributed by atoms with Gasteiger partial charge >= 0.3 is 0 Å². The fraction of sp³-hybridized carbons (Fsp3) is 0.263. The minimum Gasteiger partial charge on any atom is -0.324 e. The molecule has 8 heteroatoms. The molecule has 4 rings (SSSR count). The number of amides is 2. The number of carbonyl (C=O) groups excluding carboxylic acids is 2. The van der Waals surface area contributed by atoms with Crippen molar-refractivity contribution < 1.29 is 18.0 Å². The Balaban J connectivity index is 1.67. The van der Waals surface area contributed by atoms with Crippen molar-refractivity contribution in [1.29, 1.82) is 0 Å². The summed E-state index contributed by atoms with van der Waals surface area (Å²) in [6, 6.07) is 9.91. The lowest BCUT2D eigenvalue weighted by Crippen LogP contribution is -2.17. The minimum atomic E-state index is -3.84. The number of sulfonamides is 1. The molecule has 0 spiro atoms. The topological polar surface area (TPSA) is 104 Å². The maximum absolute atomic E-state index is 12.9. The average Bonchev–Trinajstić information content (AvgIpc) is 2.77. The number of fused-ring (bicyclic) bond motifs is 2. The largest absolute Gasteiger partial charge is 0.324 e. The van der Waals surface area contributed by atoms with Crippen molar-refractivity contribution in [3.63, 3.8) is 0 Å². The first-order chi connectivity index (χ1) is 12.9. The fourth-order valence-corrected chi connectivity index (χ4v) is 4.64. The molecule has 2 amide bonds. The van der Waals surface area contributed by atoms with E-state index in [2.05, 4.69) is 15.4 Å². The van der Waals surface area contributed by atoms with Crippen molar-refractivity contribution in [3.05, 3.63) is 47.5 Å². The summed E-state index contributed by atoms with van der Waals surface area (Å²) in [4.78, 5) is 23.4. The molecule has 7 nitrogen and oxygen atoms in total. The van der Waals surface area contributed by atoms with Gasteiger partial charge in [-0.3, -0.25) is 14.3 Å². The van der Waals surface area contributed by atoms with Gasteiger partial charge in [0, 0.05) is 0 Å². The average molecular weight is 385 g/mol. The summed E-state index contributed by atoms with van der Waals surface area (Å²) < 4.78 is 28.5. The van der Waals surface area contributed by atoms with E-state index in [9.17, 15) is 18.0 Å². The SMILES string of the molecule is O=C1CC(=O)Nc2cc(S(=O)(=O)Nc3cccc4c3CCCC4)ccc2N1. The highest BCUT2D eigenvalue weighted by atomic mass is 32.2. The second kappa shape index (κ2) is 6.70. The van der Waals surface area contributed by atoms with Crippen molar-refractivity contribution in [3.8, 4) is 0 Å². The molecule has 0 saturated heterocycles. The number of hydrogen-bond donors (Lipinski definition) is 3. The lowest BCUT2D eigenvalue weighted by Gasteiger charge is -2.20. The van der Waals surface area contributed by atoms with E-state index in [1.807, 2.05) is 12.1 Å². The normalized spacial score (nSPS) is 16.4. The van der Waals surface area contributed by atoms with Gasteiger partial charge in [-0.15, -0.1) is 0 Å². The molecule has 0 radical (unpaired) electrons. The molecule has 2 aliphatic rings. The predicted molar refractivity (Wildman–Crippen MR) is 102 cm³/mol. The summed E-state index contributed by atoms with van der Waals surface area (Å²) in [5.74, 6) is -0.915. The van der Waals surface area contributed by atoms with Gasteiger partial charge in [-0.2, -0.15) is 0 Å². The standard InChI is InChI=1S/C19H19N3O4S/c23-18-11-19(24)21-17-10-13(8-9-16(17)20-18)27(25,26)22-15-7-3-5-12-4-1-2-6-14(12)15/h3,5,7-10,22H,1-2,4,6,11H2,(H,20,23)(H,21,24). The van der Waals surface area contributed by atoms with Crippen LogP contribution in [-0.4, -0.2) is 20.2 Å². The molecule has 0 aromatic heterocycles. The first kappa shape index (κ1) is 17.5. The van der Waals surface area contributed by atoms with Crippen LogP contribution in [0.3, 0.4) is 0 Å². The van der Waals surface area contributed by atoms with E-state index in [1.54, 1.807) is 6.07 Å². The highest BCUT2D eigenvalue weighted by Crippen LogP contribution is 2.31. The van der Waals surface area contributed by atoms with Crippen LogP contribution in [0.5, 0.6) is 0 Å². The van der Waals surface area contributed by atoms with Gasteiger partial charge in [-0.1, -0.05) is 12.1 Å². The van der Waals surface area contributed by atoms with Crippen LogP contribution in [0.4, 0.5) is 17.1 Å². The van der Waals surface area contributed by atoms with E-state index < -0.39 is 21.8 Å². The first-order valence-corrected chi connectivity index (χ1v) is 10.3. The summed E-state index contributed by atoms with van der Waals surface area (Å²) in [7, 11) is -3.84. The first-order valence-electron chi connectivity index (χ1n) is 8.80. The van der Waals surface area contributed by atoms with Crippen LogP contribution in [0, 0.1) is 0 Å². The smallest absolute Gasteiger partial charge is 0.261 e. The summed E-state index contributed by atoms with van der Waals surface area (Å²) in [5.41, 5.74) is 3.46. The Bertz CT molecular complexity index is 1050. The molecule has 0 bridgehead atoms. The maximum atomic E-state index is 12.9. The van der Waals surface area contributed by atoms with Crippen LogP contribution >= 0.6 is 0 Å². The number of carbonyl (C=O) groups is 2. The van der Waals surface area contributed by atoms with Crippen molar-refractivity contribution in [1.82, 2.24) is 0 Å². The maximum Gasteiger partial charge on any atom is 0.261 e. The summed E-state index contributed by atoms with van der Waals surface area (Å²) in [6.07, 6.45) is 3.65. The Morgan fingerprint density at radius 2 is 1.63 bits per heavy atom. The third-order valence-corrected chi connectivity index (χ3v) is 6.17. The van der Waals surface area contributed by atoms with Crippen molar-refractivity contribution in [2.75, 3.05) is 15.4 Å². The van der Waals surface area contributed by atoms with Gasteiger partial charge < -0.3 is 10.6 Å². The second-order valence-corrected chi connectivity index (χ2v) is 8.42. The highest BCUT2D eigenvalue weighted by molar-refractivity contribution is 7.92. The third kappa shape index (κ3) is 3.52. The molecule has 0 unspecified atom stereocenters. The number of hydrogen-bond acceptors (Lipinski definition) is 4. The predicted octanol–water partition coefficient (Wildman–Crippen LogP) is 2.65. The number of benzene rings is 2. The highest BCUT2D eigenvalue weighted by Gasteiger charge is 2.23. The van der Waals surface area contributed by atoms with E-state index in [0.29, 0.717) is 11.4 Å². The molecular formula is C19H19N3O4S. The molecule has 0 saturated carbocycles. The van der Waals surface area contributed by atoms with Gasteiger partial charge in [0.05, 0.1) is 22.0 Å². The van der Waals surface area contributed by atoms with Crippen LogP contribution in [0.25, 0.3) is 0 Å².